The molecule has 0 saturated heterocycles. The van der Waals surface area contributed by atoms with Gasteiger partial charge in [-0.15, -0.1) is 11.8 Å². The summed E-state index contributed by atoms with van der Waals surface area (Å²) in [5, 5.41) is 2.59. The van der Waals surface area contributed by atoms with Crippen LogP contribution in [0, 0.1) is 0 Å². The molecule has 1 aromatic heterocycles. The summed E-state index contributed by atoms with van der Waals surface area (Å²) in [5.74, 6) is 0. The Kier molecular flexibility index (Phi) is 2.65. The van der Waals surface area contributed by atoms with Crippen molar-refractivity contribution >= 4 is 22.5 Å². The van der Waals surface area contributed by atoms with Crippen LogP contribution >= 0.6 is 11.8 Å². The minimum Gasteiger partial charge on any atom is -0.361 e. The number of fused-ring (bicyclic) bond motifs is 1. The summed E-state index contributed by atoms with van der Waals surface area (Å²) in [4.78, 5) is 4.59. The van der Waals surface area contributed by atoms with E-state index >= 15 is 0 Å². The molecular formula is C15H13NS. The molecule has 0 aliphatic carbocycles. The maximum atomic E-state index is 3.28. The van der Waals surface area contributed by atoms with Crippen LogP contribution in [-0.4, -0.2) is 11.2 Å². The molecule has 0 radical (unpaired) electrons. The molecule has 1 nitrogen and oxygen atoms in total. The molecular weight excluding hydrogens is 226 g/mol. The smallest absolute Gasteiger partial charge is 0.0465 e. The molecule has 2 heteroatoms. The molecule has 0 unspecified atom stereocenters. The van der Waals surface area contributed by atoms with E-state index in [-0.39, 0.29) is 0 Å². The van der Waals surface area contributed by atoms with Gasteiger partial charge in [0, 0.05) is 22.3 Å². The average Bonchev–Trinajstić information content (AvgIpc) is 2.91. The van der Waals surface area contributed by atoms with Crippen molar-refractivity contribution in [3.8, 4) is 11.3 Å². The molecule has 2 aromatic carbocycles. The highest BCUT2D eigenvalue weighted by Gasteiger charge is 2.06. The van der Waals surface area contributed by atoms with Crippen LogP contribution in [0.3, 0.4) is 0 Å². The quantitative estimate of drug-likeness (QED) is 0.648. The minimum absolute atomic E-state index is 1.18. The second-order valence-corrected chi connectivity index (χ2v) is 4.83. The van der Waals surface area contributed by atoms with E-state index in [2.05, 4.69) is 53.7 Å². The number of aromatic amines is 1. The van der Waals surface area contributed by atoms with Crippen molar-refractivity contribution in [1.29, 1.82) is 0 Å². The Bertz CT molecular complexity index is 641. The molecule has 0 bridgehead atoms. The number of aromatic nitrogens is 1. The Hall–Kier alpha value is -1.67. The first-order valence-corrected chi connectivity index (χ1v) is 6.81. The van der Waals surface area contributed by atoms with Crippen molar-refractivity contribution in [2.24, 2.45) is 0 Å². The molecule has 0 spiro atoms. The van der Waals surface area contributed by atoms with Gasteiger partial charge in [0.25, 0.3) is 0 Å². The molecule has 0 aliphatic rings. The third-order valence-electron chi connectivity index (χ3n) is 2.96. The number of hydrogen-bond donors (Lipinski definition) is 1. The Morgan fingerprint density at radius 3 is 2.35 bits per heavy atom. The van der Waals surface area contributed by atoms with Crippen molar-refractivity contribution < 1.29 is 0 Å². The minimum atomic E-state index is 1.18. The zero-order valence-corrected chi connectivity index (χ0v) is 10.4. The third kappa shape index (κ3) is 1.85. The van der Waals surface area contributed by atoms with Crippen molar-refractivity contribution in [2.45, 2.75) is 4.90 Å². The van der Waals surface area contributed by atoms with Gasteiger partial charge < -0.3 is 4.98 Å². The molecule has 1 N–H and O–H groups in total. The van der Waals surface area contributed by atoms with Gasteiger partial charge in [-0.25, -0.2) is 0 Å². The van der Waals surface area contributed by atoms with Crippen molar-refractivity contribution in [3.63, 3.8) is 0 Å². The molecule has 17 heavy (non-hydrogen) atoms. The highest BCUT2D eigenvalue weighted by Crippen LogP contribution is 2.33. The molecule has 3 rings (SSSR count). The fourth-order valence-electron chi connectivity index (χ4n) is 2.10. The highest BCUT2D eigenvalue weighted by molar-refractivity contribution is 7.98. The molecule has 1 heterocycles. The van der Waals surface area contributed by atoms with Gasteiger partial charge in [-0.2, -0.15) is 0 Å². The number of hydrogen-bond acceptors (Lipinski definition) is 1. The van der Waals surface area contributed by atoms with Crippen LogP contribution in [-0.2, 0) is 0 Å². The summed E-state index contributed by atoms with van der Waals surface area (Å²) in [6.45, 7) is 0. The zero-order valence-electron chi connectivity index (χ0n) is 9.60. The highest BCUT2D eigenvalue weighted by atomic mass is 32.2. The summed E-state index contributed by atoms with van der Waals surface area (Å²) < 4.78 is 0. The fourth-order valence-corrected chi connectivity index (χ4v) is 2.73. The van der Waals surface area contributed by atoms with Crippen LogP contribution in [0.4, 0.5) is 0 Å². The number of rotatable bonds is 2. The molecule has 3 aromatic rings. The zero-order chi connectivity index (χ0) is 11.7. The average molecular weight is 239 g/mol. The third-order valence-corrected chi connectivity index (χ3v) is 3.73. The predicted molar refractivity (Wildman–Crippen MR) is 75.5 cm³/mol. The van der Waals surface area contributed by atoms with Gasteiger partial charge in [0.2, 0.25) is 0 Å². The lowest BCUT2D eigenvalue weighted by atomic mass is 10.1. The van der Waals surface area contributed by atoms with E-state index in [1.165, 1.54) is 26.9 Å². The summed E-state index contributed by atoms with van der Waals surface area (Å²) >= 11 is 1.79. The monoisotopic (exact) mass is 239 g/mol. The summed E-state index contributed by atoms with van der Waals surface area (Å²) in [7, 11) is 0. The van der Waals surface area contributed by atoms with Crippen LogP contribution in [0.1, 0.15) is 0 Å². The van der Waals surface area contributed by atoms with E-state index in [4.69, 9.17) is 0 Å². The molecule has 0 amide bonds. The SMILES string of the molecule is CSc1cc2ccccc2cc1-c1ccc[nH]1. The summed E-state index contributed by atoms with van der Waals surface area (Å²) in [6.07, 6.45) is 4.09. The van der Waals surface area contributed by atoms with Gasteiger partial charge in [-0.05, 0) is 41.3 Å². The van der Waals surface area contributed by atoms with E-state index in [1.807, 2.05) is 12.3 Å². The van der Waals surface area contributed by atoms with E-state index in [1.54, 1.807) is 11.8 Å². The van der Waals surface area contributed by atoms with Crippen molar-refractivity contribution in [2.75, 3.05) is 6.26 Å². The number of nitrogens with one attached hydrogen (secondary N) is 1. The van der Waals surface area contributed by atoms with Gasteiger partial charge in [-0.1, -0.05) is 24.3 Å². The van der Waals surface area contributed by atoms with Crippen LogP contribution < -0.4 is 0 Å². The first-order chi connectivity index (χ1) is 8.38. The van der Waals surface area contributed by atoms with E-state index in [9.17, 15) is 0 Å². The largest absolute Gasteiger partial charge is 0.361 e. The maximum Gasteiger partial charge on any atom is 0.0465 e. The van der Waals surface area contributed by atoms with Crippen LogP contribution in [0.2, 0.25) is 0 Å². The molecule has 0 fully saturated rings. The van der Waals surface area contributed by atoms with Gasteiger partial charge >= 0.3 is 0 Å². The Balaban J connectivity index is 2.29. The van der Waals surface area contributed by atoms with E-state index in [0.29, 0.717) is 0 Å². The number of benzene rings is 2. The molecule has 0 aliphatic heterocycles. The second kappa shape index (κ2) is 4.30. The Morgan fingerprint density at radius 1 is 0.941 bits per heavy atom. The number of thioether (sulfide) groups is 1. The van der Waals surface area contributed by atoms with E-state index in [0.717, 1.165) is 0 Å². The first-order valence-electron chi connectivity index (χ1n) is 5.59. The Labute approximate surface area is 105 Å². The maximum absolute atomic E-state index is 3.28. The topological polar surface area (TPSA) is 15.8 Å². The Morgan fingerprint density at radius 2 is 1.71 bits per heavy atom. The lowest BCUT2D eigenvalue weighted by molar-refractivity contribution is 1.36. The van der Waals surface area contributed by atoms with Gasteiger partial charge in [0.1, 0.15) is 0 Å². The lowest BCUT2D eigenvalue weighted by Crippen LogP contribution is -1.83. The summed E-state index contributed by atoms with van der Waals surface area (Å²) in [5.41, 5.74) is 2.46. The van der Waals surface area contributed by atoms with Gasteiger partial charge in [0.15, 0.2) is 0 Å². The van der Waals surface area contributed by atoms with E-state index < -0.39 is 0 Å². The predicted octanol–water partition coefficient (Wildman–Crippen LogP) is 4.56. The van der Waals surface area contributed by atoms with Crippen molar-refractivity contribution in [3.05, 3.63) is 54.7 Å². The fraction of sp³-hybridized carbons (Fsp3) is 0.0667. The normalized spacial score (nSPS) is 10.9. The van der Waals surface area contributed by atoms with Gasteiger partial charge in [0.05, 0.1) is 0 Å². The molecule has 0 atom stereocenters. The van der Waals surface area contributed by atoms with Crippen LogP contribution in [0.25, 0.3) is 22.0 Å². The summed E-state index contributed by atoms with van der Waals surface area (Å²) in [6, 6.07) is 17.2. The molecule has 0 saturated carbocycles. The number of H-pyrrole nitrogens is 1. The standard InChI is InChI=1S/C15H13NS/c1-17-15-10-12-6-3-2-5-11(12)9-13(15)14-7-4-8-16-14/h2-10,16H,1H3. The lowest BCUT2D eigenvalue weighted by Gasteiger charge is -2.08. The second-order valence-electron chi connectivity index (χ2n) is 3.98. The molecule has 84 valence electrons. The first kappa shape index (κ1) is 10.5. The van der Waals surface area contributed by atoms with Gasteiger partial charge in [-0.3, -0.25) is 0 Å². The van der Waals surface area contributed by atoms with Crippen molar-refractivity contribution in [1.82, 2.24) is 4.98 Å². The van der Waals surface area contributed by atoms with Crippen LogP contribution in [0.5, 0.6) is 0 Å². The van der Waals surface area contributed by atoms with Crippen LogP contribution in [0.15, 0.2) is 59.6 Å².